The molecule has 8 heteroatoms. The zero-order chi connectivity index (χ0) is 20.8. The molecule has 0 radical (unpaired) electrons. The Morgan fingerprint density at radius 1 is 1.14 bits per heavy atom. The summed E-state index contributed by atoms with van der Waals surface area (Å²) in [4.78, 5) is 26.7. The monoisotopic (exact) mass is 452 g/mol. The van der Waals surface area contributed by atoms with Crippen molar-refractivity contribution < 1.29 is 14.3 Å². The number of thioether (sulfide) groups is 1. The van der Waals surface area contributed by atoms with Crippen LogP contribution in [0.5, 0.6) is 5.75 Å². The number of ether oxygens (including phenoxy) is 1. The number of nitrogens with zero attached hydrogens (tertiary/aromatic N) is 1. The molecule has 1 unspecified atom stereocenters. The minimum absolute atomic E-state index is 0.143. The normalized spacial score (nSPS) is 14.9. The first-order chi connectivity index (χ1) is 13.9. The molecule has 3 rings (SSSR count). The summed E-state index contributed by atoms with van der Waals surface area (Å²) < 4.78 is 5.62. The first kappa shape index (κ1) is 21.8. The van der Waals surface area contributed by atoms with Crippen molar-refractivity contribution in [3.63, 3.8) is 0 Å². The highest BCUT2D eigenvalue weighted by Gasteiger charge is 2.18. The predicted octanol–water partition coefficient (Wildman–Crippen LogP) is 4.52. The molecule has 29 heavy (non-hydrogen) atoms. The van der Waals surface area contributed by atoms with Gasteiger partial charge in [0, 0.05) is 35.3 Å². The Morgan fingerprint density at radius 2 is 1.83 bits per heavy atom. The minimum Gasteiger partial charge on any atom is -0.479 e. The molecule has 0 aromatic heterocycles. The van der Waals surface area contributed by atoms with Crippen LogP contribution in [-0.4, -0.2) is 47.4 Å². The Balaban J connectivity index is 1.53. The molecule has 1 fully saturated rings. The summed E-state index contributed by atoms with van der Waals surface area (Å²) >= 11 is 13.8. The highest BCUT2D eigenvalue weighted by Crippen LogP contribution is 2.28. The van der Waals surface area contributed by atoms with Crippen molar-refractivity contribution in [3.05, 3.63) is 58.1 Å². The van der Waals surface area contributed by atoms with Gasteiger partial charge < -0.3 is 15.0 Å². The van der Waals surface area contributed by atoms with Gasteiger partial charge in [-0.3, -0.25) is 9.59 Å². The van der Waals surface area contributed by atoms with E-state index in [1.807, 2.05) is 28.8 Å². The van der Waals surface area contributed by atoms with Crippen molar-refractivity contribution in [1.82, 2.24) is 4.90 Å². The topological polar surface area (TPSA) is 58.6 Å². The molecular formula is C21H22Cl2N2O3S. The SMILES string of the molecule is CC(Oc1ccc(Cl)cc1Cl)C(=O)Nc1ccc(CC(=O)N2CCSCC2)cc1. The number of halogens is 2. The highest BCUT2D eigenvalue weighted by atomic mass is 35.5. The second-order valence-electron chi connectivity index (χ2n) is 6.69. The van der Waals surface area contributed by atoms with Gasteiger partial charge in [-0.15, -0.1) is 0 Å². The highest BCUT2D eigenvalue weighted by molar-refractivity contribution is 7.99. The van der Waals surface area contributed by atoms with Crippen LogP contribution in [0.3, 0.4) is 0 Å². The molecule has 2 aromatic carbocycles. The summed E-state index contributed by atoms with van der Waals surface area (Å²) in [6, 6.07) is 12.1. The maximum atomic E-state index is 12.4. The molecule has 0 aliphatic carbocycles. The Bertz CT molecular complexity index is 871. The van der Waals surface area contributed by atoms with Crippen molar-refractivity contribution >= 4 is 52.5 Å². The van der Waals surface area contributed by atoms with E-state index in [9.17, 15) is 9.59 Å². The van der Waals surface area contributed by atoms with Crippen LogP contribution in [0.25, 0.3) is 0 Å². The van der Waals surface area contributed by atoms with Gasteiger partial charge in [0.1, 0.15) is 5.75 Å². The number of carbonyl (C=O) groups is 2. The standard InChI is InChI=1S/C21H22Cl2N2O3S/c1-14(28-19-7-4-16(22)13-18(19)23)21(27)24-17-5-2-15(3-6-17)12-20(26)25-8-10-29-11-9-25/h2-7,13-14H,8-12H2,1H3,(H,24,27). The van der Waals surface area contributed by atoms with E-state index in [1.165, 1.54) is 0 Å². The van der Waals surface area contributed by atoms with Crippen LogP contribution in [0.1, 0.15) is 12.5 Å². The summed E-state index contributed by atoms with van der Waals surface area (Å²) in [5, 5.41) is 3.65. The summed E-state index contributed by atoms with van der Waals surface area (Å²) in [6.45, 7) is 3.27. The van der Waals surface area contributed by atoms with Crippen LogP contribution >= 0.6 is 35.0 Å². The lowest BCUT2D eigenvalue weighted by atomic mass is 10.1. The van der Waals surface area contributed by atoms with E-state index in [0.717, 1.165) is 30.2 Å². The second-order valence-corrected chi connectivity index (χ2v) is 8.76. The molecule has 0 spiro atoms. The third-order valence-corrected chi connectivity index (χ3v) is 5.98. The average molecular weight is 453 g/mol. The first-order valence-corrected chi connectivity index (χ1v) is 11.2. The third kappa shape index (κ3) is 6.29. The molecule has 5 nitrogen and oxygen atoms in total. The molecular weight excluding hydrogens is 431 g/mol. The zero-order valence-electron chi connectivity index (χ0n) is 16.0. The fourth-order valence-corrected chi connectivity index (χ4v) is 4.22. The minimum atomic E-state index is -0.744. The maximum absolute atomic E-state index is 12.4. The number of carbonyl (C=O) groups excluding carboxylic acids is 2. The summed E-state index contributed by atoms with van der Waals surface area (Å²) in [7, 11) is 0. The number of amides is 2. The number of hydrogen-bond acceptors (Lipinski definition) is 4. The molecule has 1 heterocycles. The van der Waals surface area contributed by atoms with Gasteiger partial charge in [0.2, 0.25) is 5.91 Å². The van der Waals surface area contributed by atoms with Gasteiger partial charge in [0.25, 0.3) is 5.91 Å². The molecule has 1 aliphatic rings. The van der Waals surface area contributed by atoms with E-state index in [4.69, 9.17) is 27.9 Å². The van der Waals surface area contributed by atoms with E-state index < -0.39 is 6.10 Å². The number of hydrogen-bond donors (Lipinski definition) is 1. The lowest BCUT2D eigenvalue weighted by Gasteiger charge is -2.26. The van der Waals surface area contributed by atoms with Crippen LogP contribution < -0.4 is 10.1 Å². The van der Waals surface area contributed by atoms with Crippen LogP contribution in [0, 0.1) is 0 Å². The van der Waals surface area contributed by atoms with Gasteiger partial charge in [-0.25, -0.2) is 0 Å². The Labute approximate surface area is 184 Å². The van der Waals surface area contributed by atoms with Gasteiger partial charge in [-0.1, -0.05) is 35.3 Å². The van der Waals surface area contributed by atoms with Gasteiger partial charge >= 0.3 is 0 Å². The molecule has 2 amide bonds. The van der Waals surface area contributed by atoms with E-state index in [1.54, 1.807) is 37.3 Å². The van der Waals surface area contributed by atoms with Crippen molar-refractivity contribution in [2.45, 2.75) is 19.4 Å². The quantitative estimate of drug-likeness (QED) is 0.699. The van der Waals surface area contributed by atoms with Crippen molar-refractivity contribution in [2.75, 3.05) is 29.9 Å². The van der Waals surface area contributed by atoms with Gasteiger partial charge in [0.05, 0.1) is 11.4 Å². The molecule has 1 saturated heterocycles. The number of rotatable bonds is 6. The molecule has 2 aromatic rings. The van der Waals surface area contributed by atoms with Crippen LogP contribution in [0.15, 0.2) is 42.5 Å². The zero-order valence-corrected chi connectivity index (χ0v) is 18.3. The van der Waals surface area contributed by atoms with E-state index in [2.05, 4.69) is 5.32 Å². The van der Waals surface area contributed by atoms with E-state index in [0.29, 0.717) is 27.9 Å². The predicted molar refractivity (Wildman–Crippen MR) is 119 cm³/mol. The molecule has 0 bridgehead atoms. The fraction of sp³-hybridized carbons (Fsp3) is 0.333. The van der Waals surface area contributed by atoms with Crippen LogP contribution in [0.2, 0.25) is 10.0 Å². The number of nitrogens with one attached hydrogen (secondary N) is 1. The van der Waals surface area contributed by atoms with Crippen molar-refractivity contribution in [1.29, 1.82) is 0 Å². The van der Waals surface area contributed by atoms with Gasteiger partial charge in [-0.2, -0.15) is 11.8 Å². The fourth-order valence-electron chi connectivity index (χ4n) is 2.86. The third-order valence-electron chi connectivity index (χ3n) is 4.51. The Hall–Kier alpha value is -1.89. The lowest BCUT2D eigenvalue weighted by molar-refractivity contribution is -0.130. The summed E-state index contributed by atoms with van der Waals surface area (Å²) in [5.41, 5.74) is 1.56. The van der Waals surface area contributed by atoms with Crippen molar-refractivity contribution in [2.24, 2.45) is 0 Å². The van der Waals surface area contributed by atoms with Crippen LogP contribution in [0.4, 0.5) is 5.69 Å². The molecule has 154 valence electrons. The Kier molecular flexibility index (Phi) is 7.70. The van der Waals surface area contributed by atoms with Gasteiger partial charge in [0.15, 0.2) is 6.10 Å². The van der Waals surface area contributed by atoms with Gasteiger partial charge in [-0.05, 0) is 42.8 Å². The second kappa shape index (κ2) is 10.2. The molecule has 1 atom stereocenters. The lowest BCUT2D eigenvalue weighted by Crippen LogP contribution is -2.38. The molecule has 0 saturated carbocycles. The number of benzene rings is 2. The van der Waals surface area contributed by atoms with E-state index in [-0.39, 0.29) is 11.8 Å². The smallest absolute Gasteiger partial charge is 0.265 e. The molecule has 1 N–H and O–H groups in total. The number of anilines is 1. The maximum Gasteiger partial charge on any atom is 0.265 e. The van der Waals surface area contributed by atoms with Crippen molar-refractivity contribution in [3.8, 4) is 5.75 Å². The van der Waals surface area contributed by atoms with Crippen LogP contribution in [-0.2, 0) is 16.0 Å². The van der Waals surface area contributed by atoms with E-state index >= 15 is 0 Å². The largest absolute Gasteiger partial charge is 0.479 e. The first-order valence-electron chi connectivity index (χ1n) is 9.29. The Morgan fingerprint density at radius 3 is 2.48 bits per heavy atom. The molecule has 1 aliphatic heterocycles. The average Bonchev–Trinajstić information content (AvgIpc) is 2.72. The summed E-state index contributed by atoms with van der Waals surface area (Å²) in [6.07, 6.45) is -0.375. The summed E-state index contributed by atoms with van der Waals surface area (Å²) in [5.74, 6) is 2.23.